The first-order valence-corrected chi connectivity index (χ1v) is 6.74. The molecule has 2 unspecified atom stereocenters. The standard InChI is InChI=1S/C11H20N4OS/c1-8-4-5-15(6-9(8)16)7-10-12-11(14(2)3)17-13-10/h8-9,16H,4-7H2,1-3H3. The number of piperidine rings is 1. The van der Waals surface area contributed by atoms with Crippen molar-refractivity contribution in [1.82, 2.24) is 14.3 Å². The lowest BCUT2D eigenvalue weighted by Crippen LogP contribution is -2.42. The molecule has 5 nitrogen and oxygen atoms in total. The fourth-order valence-corrected chi connectivity index (χ4v) is 2.54. The third-order valence-corrected chi connectivity index (χ3v) is 4.13. The normalized spacial score (nSPS) is 26.1. The molecule has 0 radical (unpaired) electrons. The SMILES string of the molecule is CC1CCN(Cc2nsc(N(C)C)n2)CC1O. The van der Waals surface area contributed by atoms with E-state index in [9.17, 15) is 5.11 Å². The number of β-amino-alcohol motifs (C(OH)–C–C–N with tert-alkyl or cyclic N) is 1. The summed E-state index contributed by atoms with van der Waals surface area (Å²) in [5, 5.41) is 10.8. The highest BCUT2D eigenvalue weighted by Crippen LogP contribution is 2.20. The molecule has 17 heavy (non-hydrogen) atoms. The molecular formula is C11H20N4OS. The summed E-state index contributed by atoms with van der Waals surface area (Å²) in [7, 11) is 3.94. The summed E-state index contributed by atoms with van der Waals surface area (Å²) in [5.74, 6) is 1.27. The lowest BCUT2D eigenvalue weighted by atomic mass is 9.96. The summed E-state index contributed by atoms with van der Waals surface area (Å²) in [6, 6.07) is 0. The van der Waals surface area contributed by atoms with Crippen LogP contribution in [-0.2, 0) is 6.54 Å². The molecule has 0 saturated carbocycles. The van der Waals surface area contributed by atoms with Gasteiger partial charge in [-0.2, -0.15) is 4.37 Å². The van der Waals surface area contributed by atoms with Crippen LogP contribution in [0.3, 0.4) is 0 Å². The zero-order valence-corrected chi connectivity index (χ0v) is 11.4. The van der Waals surface area contributed by atoms with Gasteiger partial charge in [0.1, 0.15) is 0 Å². The predicted octanol–water partition coefficient (Wildman–Crippen LogP) is 0.807. The maximum absolute atomic E-state index is 9.83. The Labute approximate surface area is 106 Å². The smallest absolute Gasteiger partial charge is 0.204 e. The van der Waals surface area contributed by atoms with Crippen molar-refractivity contribution in [1.29, 1.82) is 0 Å². The predicted molar refractivity (Wildman–Crippen MR) is 69.3 cm³/mol. The fourth-order valence-electron chi connectivity index (χ4n) is 1.95. The van der Waals surface area contributed by atoms with Crippen LogP contribution in [0.4, 0.5) is 5.13 Å². The summed E-state index contributed by atoms with van der Waals surface area (Å²) in [5.41, 5.74) is 0. The highest BCUT2D eigenvalue weighted by molar-refractivity contribution is 7.09. The van der Waals surface area contributed by atoms with Gasteiger partial charge in [-0.1, -0.05) is 6.92 Å². The Hall–Kier alpha value is -0.720. The third-order valence-electron chi connectivity index (χ3n) is 3.21. The number of likely N-dealkylation sites (tertiary alicyclic amines) is 1. The van der Waals surface area contributed by atoms with Crippen LogP contribution < -0.4 is 4.90 Å². The van der Waals surface area contributed by atoms with Crippen LogP contribution in [-0.4, -0.2) is 52.7 Å². The molecule has 0 bridgehead atoms. The molecule has 1 aromatic rings. The van der Waals surface area contributed by atoms with E-state index in [0.717, 1.165) is 37.0 Å². The van der Waals surface area contributed by atoms with Crippen molar-refractivity contribution in [3.8, 4) is 0 Å². The second-order valence-corrected chi connectivity index (χ2v) is 5.69. The fraction of sp³-hybridized carbons (Fsp3) is 0.818. The highest BCUT2D eigenvalue weighted by Gasteiger charge is 2.24. The van der Waals surface area contributed by atoms with Gasteiger partial charge >= 0.3 is 0 Å². The largest absolute Gasteiger partial charge is 0.392 e. The number of aliphatic hydroxyl groups is 1. The number of anilines is 1. The third kappa shape index (κ3) is 3.14. The maximum atomic E-state index is 9.83. The molecule has 2 rings (SSSR count). The van der Waals surface area contributed by atoms with Gasteiger partial charge in [0.25, 0.3) is 0 Å². The van der Waals surface area contributed by atoms with E-state index in [0.29, 0.717) is 5.92 Å². The van der Waals surface area contributed by atoms with Crippen LogP contribution in [0.1, 0.15) is 19.2 Å². The summed E-state index contributed by atoms with van der Waals surface area (Å²) in [6.45, 7) is 4.60. The molecule has 1 saturated heterocycles. The molecule has 1 fully saturated rings. The van der Waals surface area contributed by atoms with E-state index < -0.39 is 0 Å². The van der Waals surface area contributed by atoms with E-state index in [2.05, 4.69) is 21.2 Å². The van der Waals surface area contributed by atoms with Gasteiger partial charge in [-0.05, 0) is 18.9 Å². The van der Waals surface area contributed by atoms with Crippen LogP contribution in [0, 0.1) is 5.92 Å². The number of nitrogens with zero attached hydrogens (tertiary/aromatic N) is 4. The van der Waals surface area contributed by atoms with Gasteiger partial charge in [-0.3, -0.25) is 4.90 Å². The molecule has 1 aromatic heterocycles. The number of aliphatic hydroxyl groups excluding tert-OH is 1. The van der Waals surface area contributed by atoms with Gasteiger partial charge in [-0.25, -0.2) is 4.98 Å². The lowest BCUT2D eigenvalue weighted by Gasteiger charge is -2.33. The first-order valence-electron chi connectivity index (χ1n) is 5.96. The van der Waals surface area contributed by atoms with E-state index in [1.807, 2.05) is 19.0 Å². The van der Waals surface area contributed by atoms with Crippen molar-refractivity contribution in [3.05, 3.63) is 5.82 Å². The number of hydrogen-bond donors (Lipinski definition) is 1. The monoisotopic (exact) mass is 256 g/mol. The molecule has 6 heteroatoms. The first kappa shape index (κ1) is 12.7. The van der Waals surface area contributed by atoms with Crippen molar-refractivity contribution in [3.63, 3.8) is 0 Å². The maximum Gasteiger partial charge on any atom is 0.204 e. The van der Waals surface area contributed by atoms with Gasteiger partial charge < -0.3 is 10.0 Å². The summed E-state index contributed by atoms with van der Waals surface area (Å²) >= 11 is 1.42. The molecule has 1 aliphatic rings. The van der Waals surface area contributed by atoms with Crippen molar-refractivity contribution in [2.75, 3.05) is 32.1 Å². The molecule has 1 N–H and O–H groups in total. The van der Waals surface area contributed by atoms with Gasteiger partial charge in [-0.15, -0.1) is 0 Å². The van der Waals surface area contributed by atoms with Gasteiger partial charge in [0.05, 0.1) is 12.6 Å². The second kappa shape index (κ2) is 5.29. The topological polar surface area (TPSA) is 52.5 Å². The van der Waals surface area contributed by atoms with Gasteiger partial charge in [0.15, 0.2) is 5.82 Å². The van der Waals surface area contributed by atoms with Crippen LogP contribution in [0.5, 0.6) is 0 Å². The van der Waals surface area contributed by atoms with Crippen LogP contribution >= 0.6 is 11.5 Å². The van der Waals surface area contributed by atoms with Gasteiger partial charge in [0.2, 0.25) is 5.13 Å². The Morgan fingerprint density at radius 1 is 1.53 bits per heavy atom. The molecule has 0 aromatic carbocycles. The van der Waals surface area contributed by atoms with Crippen LogP contribution in [0.2, 0.25) is 0 Å². The quantitative estimate of drug-likeness (QED) is 0.867. The van der Waals surface area contributed by atoms with E-state index in [-0.39, 0.29) is 6.10 Å². The molecule has 2 atom stereocenters. The summed E-state index contributed by atoms with van der Waals surface area (Å²) in [4.78, 5) is 8.65. The minimum Gasteiger partial charge on any atom is -0.392 e. The average Bonchev–Trinajstić information content (AvgIpc) is 2.72. The average molecular weight is 256 g/mol. The summed E-state index contributed by atoms with van der Waals surface area (Å²) < 4.78 is 4.34. The molecular weight excluding hydrogens is 236 g/mol. The molecule has 0 aliphatic carbocycles. The van der Waals surface area contributed by atoms with E-state index in [1.54, 1.807) is 0 Å². The number of rotatable bonds is 3. The molecule has 2 heterocycles. The molecule has 0 spiro atoms. The van der Waals surface area contributed by atoms with Crippen molar-refractivity contribution >= 4 is 16.7 Å². The molecule has 96 valence electrons. The van der Waals surface area contributed by atoms with Crippen molar-refractivity contribution in [2.45, 2.75) is 26.0 Å². The Balaban J connectivity index is 1.92. The zero-order valence-electron chi connectivity index (χ0n) is 10.6. The van der Waals surface area contributed by atoms with Gasteiger partial charge in [0, 0.05) is 32.2 Å². The van der Waals surface area contributed by atoms with Crippen LogP contribution in [0.25, 0.3) is 0 Å². The number of aromatic nitrogens is 2. The van der Waals surface area contributed by atoms with E-state index in [1.165, 1.54) is 11.5 Å². The molecule has 0 amide bonds. The van der Waals surface area contributed by atoms with E-state index in [4.69, 9.17) is 0 Å². The highest BCUT2D eigenvalue weighted by atomic mass is 32.1. The Morgan fingerprint density at radius 3 is 2.88 bits per heavy atom. The lowest BCUT2D eigenvalue weighted by molar-refractivity contribution is 0.0250. The summed E-state index contributed by atoms with van der Waals surface area (Å²) in [6.07, 6.45) is 0.835. The second-order valence-electron chi connectivity index (χ2n) is 4.96. The minimum absolute atomic E-state index is 0.212. The minimum atomic E-state index is -0.212. The Bertz CT molecular complexity index is 368. The van der Waals surface area contributed by atoms with Crippen LogP contribution in [0.15, 0.2) is 0 Å². The zero-order chi connectivity index (χ0) is 12.4. The Morgan fingerprint density at radius 2 is 2.29 bits per heavy atom. The van der Waals surface area contributed by atoms with E-state index >= 15 is 0 Å². The molecule has 1 aliphatic heterocycles. The van der Waals surface area contributed by atoms with Crippen molar-refractivity contribution < 1.29 is 5.11 Å². The first-order chi connectivity index (χ1) is 8.06. The van der Waals surface area contributed by atoms with Crippen molar-refractivity contribution in [2.24, 2.45) is 5.92 Å². The number of hydrogen-bond acceptors (Lipinski definition) is 6. The Kier molecular flexibility index (Phi) is 3.96.